The van der Waals surface area contributed by atoms with Crippen LogP contribution in [0.25, 0.3) is 5.57 Å². The topological polar surface area (TPSA) is 118 Å². The number of amides is 1. The second kappa shape index (κ2) is 8.08. The zero-order valence-electron chi connectivity index (χ0n) is 19.8. The Bertz CT molecular complexity index is 1300. The first-order chi connectivity index (χ1) is 16.0. The number of fused-ring (bicyclic) bond motifs is 2. The lowest BCUT2D eigenvalue weighted by atomic mass is 9.94. The average molecular weight is 486 g/mol. The molecule has 0 spiro atoms. The highest BCUT2D eigenvalue weighted by Gasteiger charge is 2.40. The molecule has 3 atom stereocenters. The van der Waals surface area contributed by atoms with Gasteiger partial charge in [0.1, 0.15) is 11.6 Å². The maximum atomic E-state index is 13.3. The molecular formula is C25H35N5O3S. The fraction of sp³-hybridized carbons (Fsp3) is 0.480. The summed E-state index contributed by atoms with van der Waals surface area (Å²) < 4.78 is 27.9. The summed E-state index contributed by atoms with van der Waals surface area (Å²) in [4.78, 5) is 24.3. The molecule has 2 aromatic heterocycles. The summed E-state index contributed by atoms with van der Waals surface area (Å²) in [7, 11) is -4.19. The van der Waals surface area contributed by atoms with Crippen LogP contribution < -0.4 is 15.4 Å². The number of hydrogen-bond acceptors (Lipinski definition) is 7. The van der Waals surface area contributed by atoms with Gasteiger partial charge < -0.3 is 10.6 Å². The molecule has 34 heavy (non-hydrogen) atoms. The highest BCUT2D eigenvalue weighted by Crippen LogP contribution is 2.48. The van der Waals surface area contributed by atoms with Gasteiger partial charge in [0.2, 0.25) is 0 Å². The third kappa shape index (κ3) is 4.06. The number of anilines is 2. The normalized spacial score (nSPS) is 25.4. The molecule has 3 aliphatic rings. The molecule has 1 saturated heterocycles. The average Bonchev–Trinajstić information content (AvgIpc) is 3.47. The first kappa shape index (κ1) is 22.8. The van der Waals surface area contributed by atoms with E-state index in [-0.39, 0.29) is 24.8 Å². The zero-order valence-corrected chi connectivity index (χ0v) is 20.6. The summed E-state index contributed by atoms with van der Waals surface area (Å²) in [5, 5.41) is -0.297. The predicted octanol–water partition coefficient (Wildman–Crippen LogP) is 4.11. The molecule has 1 saturated carbocycles. The number of pyridine rings is 2. The maximum absolute atomic E-state index is 13.3. The lowest BCUT2D eigenvalue weighted by molar-refractivity contribution is 0.0981. The molecule has 2 aromatic rings. The number of carbonyl (C=O) groups excluding carboxylic acids is 1. The Kier molecular flexibility index (Phi) is 5.42. The molecule has 9 heteroatoms. The van der Waals surface area contributed by atoms with Crippen molar-refractivity contribution in [1.29, 1.82) is 0 Å². The largest absolute Gasteiger partial charge is 0.384 e. The zero-order chi connectivity index (χ0) is 24.3. The van der Waals surface area contributed by atoms with E-state index in [4.69, 9.17) is 10.7 Å². The summed E-state index contributed by atoms with van der Waals surface area (Å²) >= 11 is 0. The van der Waals surface area contributed by atoms with Gasteiger partial charge in [-0.3, -0.25) is 4.79 Å². The standard InChI is InChI=1S/C25H31N5O3S.2H2/c1-15-13-25(2,3)30(14-15)23-18(9-10-20(27-23)19-12-16-7-8-17(19)11-16)24(31)29-34(32,33)22-6-4-5-21(26)28-22;;/h4-6,9-10,12,15-17H,7-8,11,13-14H2,1-3H3,(H2,26,28)(H,29,31);2*1H/t15-,16?,17?;;/m0../s1. The summed E-state index contributed by atoms with van der Waals surface area (Å²) in [6, 6.07) is 7.84. The molecule has 1 aliphatic heterocycles. The van der Waals surface area contributed by atoms with Crippen molar-refractivity contribution in [3.8, 4) is 0 Å². The number of nitrogens with two attached hydrogens (primary N) is 1. The minimum Gasteiger partial charge on any atom is -0.384 e. The van der Waals surface area contributed by atoms with Crippen molar-refractivity contribution >= 4 is 33.1 Å². The number of rotatable bonds is 5. The Balaban J connectivity index is 0.00000180. The van der Waals surface area contributed by atoms with Gasteiger partial charge in [-0.2, -0.15) is 8.42 Å². The molecule has 0 aromatic carbocycles. The number of aromatic nitrogens is 2. The molecule has 2 fully saturated rings. The van der Waals surface area contributed by atoms with E-state index in [1.165, 1.54) is 43.0 Å². The van der Waals surface area contributed by atoms with E-state index in [1.54, 1.807) is 6.07 Å². The maximum Gasteiger partial charge on any atom is 0.281 e. The van der Waals surface area contributed by atoms with Crippen molar-refractivity contribution in [2.45, 2.75) is 57.0 Å². The Labute approximate surface area is 203 Å². The molecule has 0 radical (unpaired) electrons. The number of carbonyl (C=O) groups is 1. The van der Waals surface area contributed by atoms with Crippen molar-refractivity contribution < 1.29 is 16.1 Å². The number of nitrogens with one attached hydrogen (secondary N) is 1. The molecule has 184 valence electrons. The Morgan fingerprint density at radius 1 is 1.21 bits per heavy atom. The van der Waals surface area contributed by atoms with Crippen LogP contribution in [0.4, 0.5) is 11.6 Å². The molecule has 8 nitrogen and oxygen atoms in total. The highest BCUT2D eigenvalue weighted by molar-refractivity contribution is 7.90. The van der Waals surface area contributed by atoms with Gasteiger partial charge in [0.25, 0.3) is 15.9 Å². The van der Waals surface area contributed by atoms with Crippen LogP contribution in [0.3, 0.4) is 0 Å². The van der Waals surface area contributed by atoms with E-state index in [1.807, 2.05) is 6.07 Å². The number of nitrogens with zero attached hydrogens (tertiary/aromatic N) is 3. The molecule has 3 heterocycles. The van der Waals surface area contributed by atoms with E-state index in [0.29, 0.717) is 23.6 Å². The smallest absolute Gasteiger partial charge is 0.281 e. The van der Waals surface area contributed by atoms with E-state index in [2.05, 4.69) is 41.5 Å². The van der Waals surface area contributed by atoms with Crippen molar-refractivity contribution in [2.75, 3.05) is 17.2 Å². The van der Waals surface area contributed by atoms with Gasteiger partial charge in [-0.05, 0) is 87.1 Å². The summed E-state index contributed by atoms with van der Waals surface area (Å²) in [6.45, 7) is 7.20. The van der Waals surface area contributed by atoms with Crippen LogP contribution in [0.15, 0.2) is 41.4 Å². The Morgan fingerprint density at radius 3 is 2.62 bits per heavy atom. The van der Waals surface area contributed by atoms with E-state index >= 15 is 0 Å². The van der Waals surface area contributed by atoms with E-state index in [0.717, 1.165) is 18.7 Å². The Hall–Kier alpha value is -2.94. The fourth-order valence-electron chi connectivity index (χ4n) is 5.90. The first-order valence-electron chi connectivity index (χ1n) is 11.8. The second-order valence-corrected chi connectivity index (χ2v) is 12.2. The van der Waals surface area contributed by atoms with Gasteiger partial charge in [0.15, 0.2) is 5.03 Å². The number of hydrogen-bond donors (Lipinski definition) is 2. The summed E-state index contributed by atoms with van der Waals surface area (Å²) in [5.41, 5.74) is 7.81. The molecule has 2 aliphatic carbocycles. The van der Waals surface area contributed by atoms with Gasteiger partial charge in [-0.25, -0.2) is 14.7 Å². The summed E-state index contributed by atoms with van der Waals surface area (Å²) in [6.07, 6.45) is 6.86. The first-order valence-corrected chi connectivity index (χ1v) is 13.3. The van der Waals surface area contributed by atoms with Crippen LogP contribution in [0.2, 0.25) is 0 Å². The van der Waals surface area contributed by atoms with Crippen LogP contribution >= 0.6 is 0 Å². The number of allylic oxidation sites excluding steroid dienone is 2. The van der Waals surface area contributed by atoms with E-state index in [9.17, 15) is 13.2 Å². The van der Waals surface area contributed by atoms with Crippen LogP contribution in [0.5, 0.6) is 0 Å². The molecule has 5 rings (SSSR count). The van der Waals surface area contributed by atoms with Crippen molar-refractivity contribution in [3.63, 3.8) is 0 Å². The highest BCUT2D eigenvalue weighted by atomic mass is 32.2. The monoisotopic (exact) mass is 485 g/mol. The third-order valence-electron chi connectivity index (χ3n) is 7.32. The minimum absolute atomic E-state index is 0. The predicted molar refractivity (Wildman–Crippen MR) is 136 cm³/mol. The quantitative estimate of drug-likeness (QED) is 0.654. The minimum atomic E-state index is -4.19. The van der Waals surface area contributed by atoms with Gasteiger partial charge in [-0.1, -0.05) is 19.1 Å². The molecule has 2 unspecified atom stereocenters. The van der Waals surface area contributed by atoms with Crippen LogP contribution in [-0.2, 0) is 10.0 Å². The van der Waals surface area contributed by atoms with Gasteiger partial charge in [0, 0.05) is 14.9 Å². The fourth-order valence-corrected chi connectivity index (χ4v) is 6.84. The number of sulfonamides is 1. The lowest BCUT2D eigenvalue weighted by Gasteiger charge is -2.34. The third-order valence-corrected chi connectivity index (χ3v) is 8.55. The van der Waals surface area contributed by atoms with E-state index < -0.39 is 15.9 Å². The molecular weight excluding hydrogens is 450 g/mol. The van der Waals surface area contributed by atoms with Crippen molar-refractivity contribution in [1.82, 2.24) is 14.7 Å². The van der Waals surface area contributed by atoms with Crippen LogP contribution in [0, 0.1) is 17.8 Å². The van der Waals surface area contributed by atoms with Crippen LogP contribution in [-0.4, -0.2) is 36.4 Å². The molecule has 3 N–H and O–H groups in total. The van der Waals surface area contributed by atoms with Gasteiger partial charge in [0.05, 0.1) is 11.3 Å². The second-order valence-electron chi connectivity index (χ2n) is 10.5. The van der Waals surface area contributed by atoms with Crippen molar-refractivity contribution in [2.24, 2.45) is 17.8 Å². The lowest BCUT2D eigenvalue weighted by Crippen LogP contribution is -2.41. The SMILES string of the molecule is C[C@@H]1CN(c2nc(C3=CC4CCC3C4)ccc2C(=O)NS(=O)(=O)c2cccc(N)n2)C(C)(C)C1.[HH].[HH]. The van der Waals surface area contributed by atoms with Crippen molar-refractivity contribution in [3.05, 3.63) is 47.7 Å². The van der Waals surface area contributed by atoms with Crippen LogP contribution in [0.1, 0.15) is 65.4 Å². The summed E-state index contributed by atoms with van der Waals surface area (Å²) in [5.74, 6) is 1.43. The number of nitrogen functional groups attached to an aromatic ring is 1. The van der Waals surface area contributed by atoms with Gasteiger partial charge in [-0.15, -0.1) is 0 Å². The van der Waals surface area contributed by atoms with Gasteiger partial charge >= 0.3 is 0 Å². The molecule has 2 bridgehead atoms. The molecule has 1 amide bonds. The Morgan fingerprint density at radius 2 is 2.00 bits per heavy atom.